The van der Waals surface area contributed by atoms with Crippen LogP contribution in [-0.2, 0) is 10.0 Å². The summed E-state index contributed by atoms with van der Waals surface area (Å²) in [6, 6.07) is 18.6. The molecule has 2 heterocycles. The standard InChI is InChI=1S/C26H20FN3O3S3/c1-15-16(2)34-26(23(15)25-28-21-8-3-4-9-22(21)35-25)29-24(31)17-6-5-7-19(14-17)30-36(32,33)20-12-10-18(27)11-13-20/h3-14,30H,1-2H3,(H,29,31). The summed E-state index contributed by atoms with van der Waals surface area (Å²) in [6.07, 6.45) is 0. The van der Waals surface area contributed by atoms with Crippen molar-refractivity contribution in [3.8, 4) is 10.6 Å². The molecule has 182 valence electrons. The van der Waals surface area contributed by atoms with Crippen LogP contribution in [0.15, 0.2) is 77.7 Å². The van der Waals surface area contributed by atoms with Crippen molar-refractivity contribution >= 4 is 59.5 Å². The second kappa shape index (κ2) is 9.45. The van der Waals surface area contributed by atoms with Crippen molar-refractivity contribution in [2.24, 2.45) is 0 Å². The summed E-state index contributed by atoms with van der Waals surface area (Å²) < 4.78 is 42.0. The maximum absolute atomic E-state index is 13.2. The predicted octanol–water partition coefficient (Wildman–Crippen LogP) is 6.83. The summed E-state index contributed by atoms with van der Waals surface area (Å²) >= 11 is 3.04. The number of thiazole rings is 1. The minimum absolute atomic E-state index is 0.0798. The molecule has 0 saturated heterocycles. The fraction of sp³-hybridized carbons (Fsp3) is 0.0769. The normalized spacial score (nSPS) is 11.5. The largest absolute Gasteiger partial charge is 0.313 e. The lowest BCUT2D eigenvalue weighted by atomic mass is 10.1. The molecule has 6 nitrogen and oxygen atoms in total. The van der Waals surface area contributed by atoms with Gasteiger partial charge >= 0.3 is 0 Å². The number of rotatable bonds is 6. The van der Waals surface area contributed by atoms with Crippen LogP contribution in [0.1, 0.15) is 20.8 Å². The van der Waals surface area contributed by atoms with Crippen LogP contribution in [0.2, 0.25) is 0 Å². The lowest BCUT2D eigenvalue weighted by Gasteiger charge is -2.10. The SMILES string of the molecule is Cc1sc(NC(=O)c2cccc(NS(=O)(=O)c3ccc(F)cc3)c2)c(-c2nc3ccccc3s2)c1C. The van der Waals surface area contributed by atoms with Gasteiger partial charge in [-0.3, -0.25) is 9.52 Å². The monoisotopic (exact) mass is 537 g/mol. The van der Waals surface area contributed by atoms with E-state index in [1.165, 1.54) is 29.5 Å². The number of nitrogens with zero attached hydrogens (tertiary/aromatic N) is 1. The highest BCUT2D eigenvalue weighted by atomic mass is 32.2. The van der Waals surface area contributed by atoms with Crippen LogP contribution in [0.3, 0.4) is 0 Å². The van der Waals surface area contributed by atoms with Gasteiger partial charge in [0.05, 0.1) is 15.1 Å². The number of halogens is 1. The number of nitrogens with one attached hydrogen (secondary N) is 2. The number of benzene rings is 3. The molecule has 36 heavy (non-hydrogen) atoms. The molecule has 1 amide bonds. The van der Waals surface area contributed by atoms with Crippen molar-refractivity contribution in [3.05, 3.63) is 94.6 Å². The van der Waals surface area contributed by atoms with Gasteiger partial charge < -0.3 is 5.32 Å². The van der Waals surface area contributed by atoms with Crippen LogP contribution >= 0.6 is 22.7 Å². The fourth-order valence-corrected chi connectivity index (χ4v) is 6.92. The number of fused-ring (bicyclic) bond motifs is 1. The smallest absolute Gasteiger partial charge is 0.261 e. The Morgan fingerprint density at radius 3 is 2.44 bits per heavy atom. The number of anilines is 2. The molecule has 5 rings (SSSR count). The fourth-order valence-electron chi connectivity index (χ4n) is 3.68. The molecule has 10 heteroatoms. The van der Waals surface area contributed by atoms with Gasteiger partial charge in [-0.25, -0.2) is 17.8 Å². The first kappa shape index (κ1) is 24.1. The second-order valence-electron chi connectivity index (χ2n) is 8.07. The Kier molecular flexibility index (Phi) is 6.33. The summed E-state index contributed by atoms with van der Waals surface area (Å²) in [5.74, 6) is -0.904. The topological polar surface area (TPSA) is 88.2 Å². The summed E-state index contributed by atoms with van der Waals surface area (Å²) in [7, 11) is -3.94. The first-order chi connectivity index (χ1) is 17.2. The first-order valence-corrected chi connectivity index (χ1v) is 14.0. The molecule has 3 aromatic carbocycles. The highest BCUT2D eigenvalue weighted by Gasteiger charge is 2.21. The number of hydrogen-bond acceptors (Lipinski definition) is 6. The third kappa shape index (κ3) is 4.75. The van der Waals surface area contributed by atoms with Crippen LogP contribution in [0.5, 0.6) is 0 Å². The molecule has 0 spiro atoms. The third-order valence-corrected chi connectivity index (χ3v) is 9.19. The molecule has 0 fully saturated rings. The number of sulfonamides is 1. The predicted molar refractivity (Wildman–Crippen MR) is 144 cm³/mol. The van der Waals surface area contributed by atoms with Gasteiger partial charge in [0.25, 0.3) is 15.9 Å². The van der Waals surface area contributed by atoms with Gasteiger partial charge in [0.1, 0.15) is 15.8 Å². The zero-order valence-electron chi connectivity index (χ0n) is 19.2. The molecule has 0 saturated carbocycles. The molecule has 0 aliphatic heterocycles. The van der Waals surface area contributed by atoms with Gasteiger partial charge in [-0.15, -0.1) is 22.7 Å². The molecule has 0 unspecified atom stereocenters. The molecular weight excluding hydrogens is 518 g/mol. The van der Waals surface area contributed by atoms with Gasteiger partial charge in [0.2, 0.25) is 0 Å². The van der Waals surface area contributed by atoms with Crippen molar-refractivity contribution in [2.45, 2.75) is 18.7 Å². The Bertz CT molecular complexity index is 1670. The van der Waals surface area contributed by atoms with Crippen molar-refractivity contribution in [3.63, 3.8) is 0 Å². The van der Waals surface area contributed by atoms with E-state index in [4.69, 9.17) is 4.98 Å². The van der Waals surface area contributed by atoms with E-state index in [1.807, 2.05) is 38.1 Å². The van der Waals surface area contributed by atoms with E-state index in [9.17, 15) is 17.6 Å². The Morgan fingerprint density at radius 2 is 1.69 bits per heavy atom. The Morgan fingerprint density at radius 1 is 0.944 bits per heavy atom. The van der Waals surface area contributed by atoms with Gasteiger partial charge in [0.15, 0.2) is 0 Å². The molecule has 0 aliphatic rings. The molecule has 0 atom stereocenters. The van der Waals surface area contributed by atoms with Gasteiger partial charge in [-0.1, -0.05) is 18.2 Å². The maximum atomic E-state index is 13.2. The minimum atomic E-state index is -3.94. The van der Waals surface area contributed by atoms with E-state index in [-0.39, 0.29) is 22.1 Å². The van der Waals surface area contributed by atoms with Crippen LogP contribution in [0, 0.1) is 19.7 Å². The van der Waals surface area contributed by atoms with E-state index >= 15 is 0 Å². The van der Waals surface area contributed by atoms with Crippen LogP contribution in [0.25, 0.3) is 20.8 Å². The quantitative estimate of drug-likeness (QED) is 0.248. The number of carbonyl (C=O) groups excluding carboxylic acids is 1. The van der Waals surface area contributed by atoms with Crippen molar-refractivity contribution in [1.29, 1.82) is 0 Å². The molecular formula is C26H20FN3O3S3. The van der Waals surface area contributed by atoms with E-state index < -0.39 is 15.8 Å². The Hall–Kier alpha value is -3.60. The first-order valence-electron chi connectivity index (χ1n) is 10.9. The van der Waals surface area contributed by atoms with E-state index in [2.05, 4.69) is 10.0 Å². The van der Waals surface area contributed by atoms with Crippen LogP contribution < -0.4 is 10.0 Å². The minimum Gasteiger partial charge on any atom is -0.313 e. The van der Waals surface area contributed by atoms with Crippen molar-refractivity contribution < 1.29 is 17.6 Å². The van der Waals surface area contributed by atoms with E-state index in [0.29, 0.717) is 5.00 Å². The van der Waals surface area contributed by atoms with E-state index in [1.54, 1.807) is 29.5 Å². The number of aryl methyl sites for hydroxylation is 1. The van der Waals surface area contributed by atoms with Crippen LogP contribution in [0.4, 0.5) is 15.1 Å². The van der Waals surface area contributed by atoms with E-state index in [0.717, 1.165) is 43.4 Å². The second-order valence-corrected chi connectivity index (χ2v) is 12.0. The molecule has 2 N–H and O–H groups in total. The highest BCUT2D eigenvalue weighted by molar-refractivity contribution is 7.92. The van der Waals surface area contributed by atoms with Gasteiger partial charge in [0, 0.05) is 21.7 Å². The average Bonchev–Trinajstić information content (AvgIpc) is 3.39. The number of para-hydroxylation sites is 1. The van der Waals surface area contributed by atoms with Gasteiger partial charge in [-0.2, -0.15) is 0 Å². The number of hydrogen-bond donors (Lipinski definition) is 2. The zero-order chi connectivity index (χ0) is 25.4. The number of carbonyl (C=O) groups is 1. The summed E-state index contributed by atoms with van der Waals surface area (Å²) in [5, 5.41) is 4.50. The number of amides is 1. The maximum Gasteiger partial charge on any atom is 0.261 e. The Balaban J connectivity index is 1.41. The zero-order valence-corrected chi connectivity index (χ0v) is 21.7. The molecule has 5 aromatic rings. The van der Waals surface area contributed by atoms with Crippen molar-refractivity contribution in [2.75, 3.05) is 10.0 Å². The van der Waals surface area contributed by atoms with Crippen LogP contribution in [-0.4, -0.2) is 19.3 Å². The average molecular weight is 538 g/mol. The lowest BCUT2D eigenvalue weighted by molar-refractivity contribution is 0.102. The Labute approximate surface area is 215 Å². The summed E-state index contributed by atoms with van der Waals surface area (Å²) in [6.45, 7) is 4.01. The van der Waals surface area contributed by atoms with Crippen molar-refractivity contribution in [1.82, 2.24) is 4.98 Å². The number of thiophene rings is 1. The summed E-state index contributed by atoms with van der Waals surface area (Å²) in [4.78, 5) is 18.9. The van der Waals surface area contributed by atoms with Gasteiger partial charge in [-0.05, 0) is 74.0 Å². The highest BCUT2D eigenvalue weighted by Crippen LogP contribution is 2.43. The lowest BCUT2D eigenvalue weighted by Crippen LogP contribution is -2.15. The third-order valence-electron chi connectivity index (χ3n) is 5.62. The molecule has 0 radical (unpaired) electrons. The molecule has 0 aliphatic carbocycles. The molecule has 0 bridgehead atoms. The number of aromatic nitrogens is 1. The molecule has 2 aromatic heterocycles. The summed E-state index contributed by atoms with van der Waals surface area (Å²) in [5.41, 5.74) is 3.35.